The molecule has 9 aromatic carbocycles. The Morgan fingerprint density at radius 3 is 1.70 bits per heavy atom. The van der Waals surface area contributed by atoms with Gasteiger partial charge in [-0.15, -0.1) is 11.3 Å². The smallest absolute Gasteiger partial charge is 0.137 e. The lowest BCUT2D eigenvalue weighted by atomic mass is 10.0. The largest absolute Gasteiger partial charge is 0.456 e. The molecule has 0 spiro atoms. The number of hydrogen-bond acceptors (Lipinski definition) is 4. The summed E-state index contributed by atoms with van der Waals surface area (Å²) in [5, 5.41) is 7.11. The van der Waals surface area contributed by atoms with Crippen LogP contribution in [0.15, 0.2) is 211 Å². The second-order valence-corrected chi connectivity index (χ2v) is 15.1. The Morgan fingerprint density at radius 1 is 0.339 bits per heavy atom. The van der Waals surface area contributed by atoms with E-state index >= 15 is 0 Å². The topological polar surface area (TPSA) is 19.6 Å². The fourth-order valence-electron chi connectivity index (χ4n) is 8.27. The summed E-state index contributed by atoms with van der Waals surface area (Å²) in [5.41, 5.74) is 10.7. The van der Waals surface area contributed by atoms with Gasteiger partial charge >= 0.3 is 0 Å². The number of fused-ring (bicyclic) bond motifs is 8. The SMILES string of the molecule is c1ccc(-c2cccc(N(c3ccc4c(c3)oc3ccccc34)c3cc4ccccc4c4sc5c(N(c6ccccc6)c6ccccc6)cccc5c34)c2)cc1. The second-order valence-electron chi connectivity index (χ2n) is 14.1. The third-order valence-electron chi connectivity index (χ3n) is 10.8. The van der Waals surface area contributed by atoms with Crippen LogP contribution >= 0.6 is 11.3 Å². The molecule has 11 aromatic rings. The summed E-state index contributed by atoms with van der Waals surface area (Å²) in [7, 11) is 0. The number of anilines is 6. The van der Waals surface area contributed by atoms with Gasteiger partial charge in [0.1, 0.15) is 11.2 Å². The van der Waals surface area contributed by atoms with E-state index in [9.17, 15) is 0 Å². The Morgan fingerprint density at radius 2 is 0.911 bits per heavy atom. The summed E-state index contributed by atoms with van der Waals surface area (Å²) < 4.78 is 9.01. The van der Waals surface area contributed by atoms with Crippen LogP contribution in [0.2, 0.25) is 0 Å². The van der Waals surface area contributed by atoms with Gasteiger partial charge in [-0.1, -0.05) is 133 Å². The molecule has 4 heteroatoms. The van der Waals surface area contributed by atoms with E-state index in [0.717, 1.165) is 61.6 Å². The molecule has 3 nitrogen and oxygen atoms in total. The van der Waals surface area contributed by atoms with Gasteiger partial charge < -0.3 is 14.2 Å². The van der Waals surface area contributed by atoms with Crippen molar-refractivity contribution in [2.24, 2.45) is 0 Å². The Kier molecular flexibility index (Phi) is 7.68. The van der Waals surface area contributed by atoms with Gasteiger partial charge in [-0.3, -0.25) is 0 Å². The highest BCUT2D eigenvalue weighted by Crippen LogP contribution is 2.52. The Balaban J connectivity index is 1.22. The van der Waals surface area contributed by atoms with E-state index in [2.05, 4.69) is 204 Å². The van der Waals surface area contributed by atoms with Crippen molar-refractivity contribution in [3.63, 3.8) is 0 Å². The van der Waals surface area contributed by atoms with Gasteiger partial charge in [0.2, 0.25) is 0 Å². The lowest BCUT2D eigenvalue weighted by Crippen LogP contribution is -2.11. The van der Waals surface area contributed by atoms with Crippen LogP contribution in [0.3, 0.4) is 0 Å². The maximum Gasteiger partial charge on any atom is 0.137 e. The number of para-hydroxylation sites is 3. The predicted octanol–water partition coefficient (Wildman–Crippen LogP) is 15.7. The number of furan rings is 1. The molecule has 2 heterocycles. The fraction of sp³-hybridized carbons (Fsp3) is 0. The van der Waals surface area contributed by atoms with Crippen molar-refractivity contribution in [1.29, 1.82) is 0 Å². The zero-order chi connectivity index (χ0) is 37.0. The maximum absolute atomic E-state index is 6.52. The zero-order valence-electron chi connectivity index (χ0n) is 30.3. The van der Waals surface area contributed by atoms with Crippen LogP contribution in [0.4, 0.5) is 34.1 Å². The van der Waals surface area contributed by atoms with Gasteiger partial charge in [0.25, 0.3) is 0 Å². The summed E-state index contributed by atoms with van der Waals surface area (Å²) >= 11 is 1.88. The molecule has 0 saturated heterocycles. The summed E-state index contributed by atoms with van der Waals surface area (Å²) in [4.78, 5) is 4.81. The van der Waals surface area contributed by atoms with E-state index in [4.69, 9.17) is 4.42 Å². The normalized spacial score (nSPS) is 11.6. The van der Waals surface area contributed by atoms with Crippen LogP contribution in [0.25, 0.3) is 64.0 Å². The van der Waals surface area contributed by atoms with E-state index in [1.807, 2.05) is 23.5 Å². The van der Waals surface area contributed by atoms with E-state index in [1.165, 1.54) is 36.5 Å². The van der Waals surface area contributed by atoms with Crippen molar-refractivity contribution in [3.8, 4) is 11.1 Å². The highest BCUT2D eigenvalue weighted by molar-refractivity contribution is 7.27. The Hall–Kier alpha value is -7.14. The van der Waals surface area contributed by atoms with Crippen molar-refractivity contribution < 1.29 is 4.42 Å². The van der Waals surface area contributed by atoms with Crippen molar-refractivity contribution in [3.05, 3.63) is 206 Å². The molecule has 0 radical (unpaired) electrons. The highest BCUT2D eigenvalue weighted by Gasteiger charge is 2.24. The van der Waals surface area contributed by atoms with Gasteiger partial charge in [-0.2, -0.15) is 0 Å². The number of rotatable bonds is 7. The third-order valence-corrected chi connectivity index (χ3v) is 12.1. The number of hydrogen-bond donors (Lipinski definition) is 0. The molecule has 0 unspecified atom stereocenters. The molecule has 56 heavy (non-hydrogen) atoms. The molecule has 11 rings (SSSR count). The zero-order valence-corrected chi connectivity index (χ0v) is 31.2. The molecular formula is C52H34N2OS. The minimum absolute atomic E-state index is 0.865. The van der Waals surface area contributed by atoms with E-state index in [-0.39, 0.29) is 0 Å². The molecule has 2 aromatic heterocycles. The monoisotopic (exact) mass is 734 g/mol. The summed E-state index contributed by atoms with van der Waals surface area (Å²) in [6.07, 6.45) is 0. The lowest BCUT2D eigenvalue weighted by molar-refractivity contribution is 0.669. The van der Waals surface area contributed by atoms with Crippen LogP contribution in [0, 0.1) is 0 Å². The van der Waals surface area contributed by atoms with E-state index in [0.29, 0.717) is 0 Å². The van der Waals surface area contributed by atoms with Gasteiger partial charge in [-0.05, 0) is 88.6 Å². The van der Waals surface area contributed by atoms with Crippen molar-refractivity contribution >= 4 is 98.3 Å². The van der Waals surface area contributed by atoms with Crippen molar-refractivity contribution in [2.75, 3.05) is 9.80 Å². The molecule has 0 aliphatic rings. The molecule has 0 fully saturated rings. The van der Waals surface area contributed by atoms with Crippen LogP contribution in [0.1, 0.15) is 0 Å². The average molecular weight is 735 g/mol. The van der Waals surface area contributed by atoms with Gasteiger partial charge in [0.05, 0.1) is 16.1 Å². The molecule has 264 valence electrons. The molecule has 0 N–H and O–H groups in total. The first kappa shape index (κ1) is 32.3. The van der Waals surface area contributed by atoms with Crippen molar-refractivity contribution in [2.45, 2.75) is 0 Å². The van der Waals surface area contributed by atoms with Crippen LogP contribution < -0.4 is 9.80 Å². The standard InChI is InChI=1S/C52H34N2OS/c1-4-16-35(17-5-1)36-19-14-24-40(32-36)54(41-30-31-44-43-26-12-13-29-48(43)55-49(44)34-41)47-33-37-18-10-11-25-42(37)52-50(47)45-27-15-28-46(51(45)56-52)53(38-20-6-2-7-21-38)39-22-8-3-9-23-39/h1-34H. The average Bonchev–Trinajstić information content (AvgIpc) is 3.85. The molecule has 0 amide bonds. The molecule has 0 aliphatic heterocycles. The fourth-order valence-corrected chi connectivity index (χ4v) is 9.63. The lowest BCUT2D eigenvalue weighted by Gasteiger charge is -2.28. The molecule has 0 bridgehead atoms. The summed E-state index contributed by atoms with van der Waals surface area (Å²) in [6, 6.07) is 73.8. The number of thiophene rings is 1. The highest BCUT2D eigenvalue weighted by atomic mass is 32.1. The van der Waals surface area contributed by atoms with E-state index in [1.54, 1.807) is 0 Å². The van der Waals surface area contributed by atoms with E-state index < -0.39 is 0 Å². The van der Waals surface area contributed by atoms with Gasteiger partial charge in [0.15, 0.2) is 0 Å². The number of nitrogens with zero attached hydrogens (tertiary/aromatic N) is 2. The quantitative estimate of drug-likeness (QED) is 0.163. The molecule has 0 aliphatic carbocycles. The second kappa shape index (κ2) is 13.3. The molecular weight excluding hydrogens is 701 g/mol. The van der Waals surface area contributed by atoms with Gasteiger partial charge in [0, 0.05) is 55.1 Å². The van der Waals surface area contributed by atoms with Gasteiger partial charge in [-0.25, -0.2) is 0 Å². The molecule has 0 saturated carbocycles. The minimum Gasteiger partial charge on any atom is -0.456 e. The maximum atomic E-state index is 6.52. The van der Waals surface area contributed by atoms with Crippen molar-refractivity contribution in [1.82, 2.24) is 0 Å². The van der Waals surface area contributed by atoms with Crippen LogP contribution in [-0.4, -0.2) is 0 Å². The summed E-state index contributed by atoms with van der Waals surface area (Å²) in [6.45, 7) is 0. The van der Waals surface area contributed by atoms with Crippen LogP contribution in [-0.2, 0) is 0 Å². The first-order valence-electron chi connectivity index (χ1n) is 18.9. The number of benzene rings is 9. The predicted molar refractivity (Wildman–Crippen MR) is 239 cm³/mol. The first-order valence-corrected chi connectivity index (χ1v) is 19.7. The first-order chi connectivity index (χ1) is 27.8. The Bertz CT molecular complexity index is 3170. The summed E-state index contributed by atoms with van der Waals surface area (Å²) in [5.74, 6) is 0. The third kappa shape index (κ3) is 5.34. The minimum atomic E-state index is 0.865. The van der Waals surface area contributed by atoms with Crippen LogP contribution in [0.5, 0.6) is 0 Å². The molecule has 0 atom stereocenters. The Labute approximate surface area is 328 Å².